The second kappa shape index (κ2) is 4.05. The molecule has 7 heteroatoms. The number of rotatable bonds is 1. The number of hydrogen-bond acceptors (Lipinski definition) is 2. The first-order chi connectivity index (χ1) is 7.49. The molecule has 2 aromatic rings. The van der Waals surface area contributed by atoms with E-state index in [2.05, 4.69) is 5.10 Å². The fourth-order valence-corrected chi connectivity index (χ4v) is 2.36. The lowest BCUT2D eigenvalue weighted by molar-refractivity contribution is 0.805. The summed E-state index contributed by atoms with van der Waals surface area (Å²) in [5.74, 6) is 5.34. The Morgan fingerprint density at radius 2 is 1.69 bits per heavy atom. The van der Waals surface area contributed by atoms with Crippen LogP contribution < -0.4 is 11.4 Å². The molecule has 0 aliphatic heterocycles. The van der Waals surface area contributed by atoms with Gasteiger partial charge in [-0.3, -0.25) is 9.89 Å². The molecule has 4 nitrogen and oxygen atoms in total. The van der Waals surface area contributed by atoms with Gasteiger partial charge in [0.05, 0.1) is 15.7 Å². The average molecular weight is 279 g/mol. The van der Waals surface area contributed by atoms with Crippen LogP contribution in [0.25, 0.3) is 11.3 Å². The van der Waals surface area contributed by atoms with Gasteiger partial charge in [-0.15, -0.1) is 0 Å². The minimum Gasteiger partial charge on any atom is -0.321 e. The van der Waals surface area contributed by atoms with Gasteiger partial charge in [0.15, 0.2) is 0 Å². The monoisotopic (exact) mass is 277 g/mol. The highest BCUT2D eigenvalue weighted by Crippen LogP contribution is 2.35. The van der Waals surface area contributed by atoms with Crippen molar-refractivity contribution >= 4 is 34.8 Å². The van der Waals surface area contributed by atoms with Crippen LogP contribution in [-0.2, 0) is 0 Å². The van der Waals surface area contributed by atoms with Crippen LogP contribution in [0.1, 0.15) is 0 Å². The molecule has 0 amide bonds. The maximum atomic E-state index is 11.2. The topological polar surface area (TPSA) is 63.8 Å². The normalized spacial score (nSPS) is 10.7. The van der Waals surface area contributed by atoms with Crippen molar-refractivity contribution in [1.82, 2.24) is 9.89 Å². The summed E-state index contributed by atoms with van der Waals surface area (Å²) in [6.45, 7) is 0. The molecule has 16 heavy (non-hydrogen) atoms. The molecule has 0 unspecified atom stereocenters. The lowest BCUT2D eigenvalue weighted by atomic mass is 10.1. The van der Waals surface area contributed by atoms with E-state index in [4.69, 9.17) is 40.6 Å². The molecule has 0 saturated heterocycles. The molecule has 0 saturated carbocycles. The van der Waals surface area contributed by atoms with Gasteiger partial charge in [-0.05, 0) is 12.1 Å². The molecule has 1 aromatic carbocycles. The molecule has 1 heterocycles. The molecule has 2 rings (SSSR count). The van der Waals surface area contributed by atoms with E-state index in [1.165, 1.54) is 18.2 Å². The number of benzene rings is 1. The standard InChI is InChI=1S/C9H6Cl3N3O/c10-4-1-5(11)9(6(12)2-4)7-3-8(16)15(13)14-7/h1-3,14H,13H2. The highest BCUT2D eigenvalue weighted by molar-refractivity contribution is 6.41. The van der Waals surface area contributed by atoms with Crippen LogP contribution >= 0.6 is 34.8 Å². The Hall–Kier alpha value is -1.10. The summed E-state index contributed by atoms with van der Waals surface area (Å²) < 4.78 is 0. The van der Waals surface area contributed by atoms with E-state index < -0.39 is 0 Å². The average Bonchev–Trinajstić information content (AvgIpc) is 2.44. The van der Waals surface area contributed by atoms with E-state index in [-0.39, 0.29) is 5.56 Å². The first-order valence-corrected chi connectivity index (χ1v) is 5.34. The van der Waals surface area contributed by atoms with E-state index in [9.17, 15) is 4.79 Å². The number of hydrogen-bond donors (Lipinski definition) is 2. The SMILES string of the molecule is Nn1[nH]c(-c2c(Cl)cc(Cl)cc2Cl)cc1=O. The number of H-pyrrole nitrogens is 1. The molecule has 1 aromatic heterocycles. The number of aromatic amines is 1. The summed E-state index contributed by atoms with van der Waals surface area (Å²) in [5, 5.41) is 3.75. The van der Waals surface area contributed by atoms with Crippen molar-refractivity contribution in [1.29, 1.82) is 0 Å². The first kappa shape index (κ1) is 11.4. The summed E-state index contributed by atoms with van der Waals surface area (Å²) in [4.78, 5) is 12.0. The Balaban J connectivity index is 2.69. The van der Waals surface area contributed by atoms with Crippen molar-refractivity contribution in [2.24, 2.45) is 0 Å². The molecule has 0 bridgehead atoms. The first-order valence-electron chi connectivity index (χ1n) is 4.21. The second-order valence-electron chi connectivity index (χ2n) is 3.12. The Morgan fingerprint density at radius 1 is 1.12 bits per heavy atom. The van der Waals surface area contributed by atoms with Crippen LogP contribution in [0.15, 0.2) is 23.0 Å². The van der Waals surface area contributed by atoms with Crippen molar-refractivity contribution in [3.63, 3.8) is 0 Å². The number of nitrogens with zero attached hydrogens (tertiary/aromatic N) is 1. The third-order valence-corrected chi connectivity index (χ3v) is 2.84. The zero-order valence-corrected chi connectivity index (χ0v) is 10.1. The number of aromatic nitrogens is 2. The molecule has 0 atom stereocenters. The van der Waals surface area contributed by atoms with Gasteiger partial charge < -0.3 is 5.84 Å². The van der Waals surface area contributed by atoms with Gasteiger partial charge in [-0.2, -0.15) is 4.79 Å². The Labute approximate surface area is 105 Å². The van der Waals surface area contributed by atoms with Crippen molar-refractivity contribution in [3.05, 3.63) is 43.6 Å². The van der Waals surface area contributed by atoms with Gasteiger partial charge in [0.1, 0.15) is 0 Å². The quantitative estimate of drug-likeness (QED) is 0.787. The van der Waals surface area contributed by atoms with Gasteiger partial charge in [0.25, 0.3) is 5.56 Å². The lowest BCUT2D eigenvalue weighted by Gasteiger charge is -2.05. The van der Waals surface area contributed by atoms with Gasteiger partial charge >= 0.3 is 0 Å². The van der Waals surface area contributed by atoms with Crippen molar-refractivity contribution in [2.75, 3.05) is 5.84 Å². The van der Waals surface area contributed by atoms with E-state index in [0.29, 0.717) is 26.3 Å². The second-order valence-corrected chi connectivity index (χ2v) is 4.37. The van der Waals surface area contributed by atoms with Gasteiger partial charge in [0.2, 0.25) is 0 Å². The van der Waals surface area contributed by atoms with E-state index >= 15 is 0 Å². The third-order valence-electron chi connectivity index (χ3n) is 2.02. The van der Waals surface area contributed by atoms with Crippen molar-refractivity contribution in [2.45, 2.75) is 0 Å². The van der Waals surface area contributed by atoms with Crippen LogP contribution in [0, 0.1) is 0 Å². The number of nitrogen functional groups attached to an aromatic ring is 1. The molecule has 0 radical (unpaired) electrons. The highest BCUT2D eigenvalue weighted by atomic mass is 35.5. The molecular formula is C9H6Cl3N3O. The predicted octanol–water partition coefficient (Wildman–Crippen LogP) is 2.52. The summed E-state index contributed by atoms with van der Waals surface area (Å²) in [7, 11) is 0. The van der Waals surface area contributed by atoms with E-state index in [1.807, 2.05) is 0 Å². The van der Waals surface area contributed by atoms with Gasteiger partial charge in [-0.25, -0.2) is 0 Å². The molecule has 0 aliphatic carbocycles. The van der Waals surface area contributed by atoms with Crippen LogP contribution in [0.2, 0.25) is 15.1 Å². The van der Waals surface area contributed by atoms with Crippen molar-refractivity contribution in [3.8, 4) is 11.3 Å². The fourth-order valence-electron chi connectivity index (χ4n) is 1.34. The summed E-state index contributed by atoms with van der Waals surface area (Å²) in [5.41, 5.74) is 0.560. The molecule has 0 spiro atoms. The third kappa shape index (κ3) is 1.91. The van der Waals surface area contributed by atoms with Crippen LogP contribution in [0.5, 0.6) is 0 Å². The summed E-state index contributed by atoms with van der Waals surface area (Å²) in [6, 6.07) is 4.38. The molecule has 3 N–H and O–H groups in total. The van der Waals surface area contributed by atoms with Crippen LogP contribution in [0.4, 0.5) is 0 Å². The zero-order chi connectivity index (χ0) is 11.9. The molecule has 84 valence electrons. The number of halogens is 3. The summed E-state index contributed by atoms with van der Waals surface area (Å²) in [6.07, 6.45) is 0. The number of nitrogens with one attached hydrogen (secondary N) is 1. The summed E-state index contributed by atoms with van der Waals surface area (Å²) >= 11 is 17.8. The van der Waals surface area contributed by atoms with Crippen LogP contribution in [-0.4, -0.2) is 9.89 Å². The maximum Gasteiger partial charge on any atom is 0.286 e. The molecule has 0 aliphatic rings. The zero-order valence-electron chi connectivity index (χ0n) is 7.80. The molecule has 0 fully saturated rings. The Kier molecular flexibility index (Phi) is 2.88. The molecular weight excluding hydrogens is 272 g/mol. The Morgan fingerprint density at radius 3 is 2.12 bits per heavy atom. The van der Waals surface area contributed by atoms with Gasteiger partial charge in [-0.1, -0.05) is 34.8 Å². The minimum absolute atomic E-state index is 0.347. The largest absolute Gasteiger partial charge is 0.321 e. The predicted molar refractivity (Wildman–Crippen MR) is 65.7 cm³/mol. The fraction of sp³-hybridized carbons (Fsp3) is 0. The van der Waals surface area contributed by atoms with Crippen molar-refractivity contribution < 1.29 is 0 Å². The number of nitrogens with two attached hydrogens (primary N) is 1. The van der Waals surface area contributed by atoms with E-state index in [0.717, 1.165) is 4.79 Å². The van der Waals surface area contributed by atoms with Crippen LogP contribution in [0.3, 0.4) is 0 Å². The lowest BCUT2D eigenvalue weighted by Crippen LogP contribution is -2.23. The smallest absolute Gasteiger partial charge is 0.286 e. The maximum absolute atomic E-state index is 11.2. The minimum atomic E-state index is -0.378. The van der Waals surface area contributed by atoms with Gasteiger partial charge in [0, 0.05) is 16.7 Å². The van der Waals surface area contributed by atoms with E-state index in [1.54, 1.807) is 0 Å². The Bertz CT molecular complexity index is 579. The highest BCUT2D eigenvalue weighted by Gasteiger charge is 2.13.